The molecule has 1 amide bonds. The lowest BCUT2D eigenvalue weighted by atomic mass is 10.1. The summed E-state index contributed by atoms with van der Waals surface area (Å²) < 4.78 is 1.36. The highest BCUT2D eigenvalue weighted by atomic mass is 16.6. The number of likely N-dealkylation sites (tertiary alicyclic amines) is 1. The van der Waals surface area contributed by atoms with Crippen molar-refractivity contribution in [3.05, 3.63) is 16.3 Å². The molecule has 0 spiro atoms. The normalized spacial score (nSPS) is 16.8. The molecule has 8 nitrogen and oxygen atoms in total. The molecular formula is C12H19N5O3. The van der Waals surface area contributed by atoms with Gasteiger partial charge in [0, 0.05) is 20.1 Å². The van der Waals surface area contributed by atoms with Crippen LogP contribution in [0.2, 0.25) is 0 Å². The van der Waals surface area contributed by atoms with E-state index in [4.69, 9.17) is 0 Å². The second-order valence-corrected chi connectivity index (χ2v) is 5.05. The van der Waals surface area contributed by atoms with Gasteiger partial charge in [0.25, 0.3) is 0 Å². The van der Waals surface area contributed by atoms with Gasteiger partial charge in [-0.05, 0) is 26.2 Å². The van der Waals surface area contributed by atoms with Gasteiger partial charge in [0.1, 0.15) is 12.2 Å². The van der Waals surface area contributed by atoms with Crippen molar-refractivity contribution in [1.82, 2.24) is 14.7 Å². The van der Waals surface area contributed by atoms with Gasteiger partial charge in [0.05, 0.1) is 4.92 Å². The van der Waals surface area contributed by atoms with Gasteiger partial charge >= 0.3 is 5.69 Å². The molecule has 0 radical (unpaired) electrons. The molecule has 1 N–H and O–H groups in total. The lowest BCUT2D eigenvalue weighted by Crippen LogP contribution is -2.44. The summed E-state index contributed by atoms with van der Waals surface area (Å²) >= 11 is 0. The van der Waals surface area contributed by atoms with Crippen molar-refractivity contribution in [3.8, 4) is 0 Å². The predicted molar refractivity (Wildman–Crippen MR) is 73.4 cm³/mol. The van der Waals surface area contributed by atoms with Crippen molar-refractivity contribution in [1.29, 1.82) is 0 Å². The number of hydrogen-bond acceptors (Lipinski definition) is 5. The van der Waals surface area contributed by atoms with E-state index in [0.29, 0.717) is 0 Å². The van der Waals surface area contributed by atoms with Crippen molar-refractivity contribution in [2.75, 3.05) is 18.4 Å². The quantitative estimate of drug-likeness (QED) is 0.660. The fourth-order valence-electron chi connectivity index (χ4n) is 2.37. The predicted octanol–water partition coefficient (Wildman–Crippen LogP) is 1.14. The Hall–Kier alpha value is -2.12. The highest BCUT2D eigenvalue weighted by molar-refractivity contribution is 5.84. The number of rotatable bonds is 4. The second-order valence-electron chi connectivity index (χ2n) is 5.05. The molecule has 1 saturated heterocycles. The minimum absolute atomic E-state index is 0.0374. The van der Waals surface area contributed by atoms with E-state index in [0.717, 1.165) is 32.4 Å². The third-order valence-corrected chi connectivity index (χ3v) is 3.40. The van der Waals surface area contributed by atoms with Crippen LogP contribution in [0.5, 0.6) is 0 Å². The summed E-state index contributed by atoms with van der Waals surface area (Å²) in [4.78, 5) is 24.4. The number of carbonyl (C=O) groups is 1. The number of hydrogen-bond donors (Lipinski definition) is 1. The molecule has 1 aliphatic heterocycles. The minimum Gasteiger partial charge on any atom is -0.351 e. The summed E-state index contributed by atoms with van der Waals surface area (Å²) in [7, 11) is 1.61. The first-order chi connectivity index (χ1) is 9.49. The van der Waals surface area contributed by atoms with Crippen molar-refractivity contribution in [2.24, 2.45) is 7.05 Å². The lowest BCUT2D eigenvalue weighted by Gasteiger charge is -2.29. The molecule has 0 aromatic carbocycles. The van der Waals surface area contributed by atoms with Crippen LogP contribution in [0.25, 0.3) is 0 Å². The molecule has 1 aliphatic rings. The van der Waals surface area contributed by atoms with Crippen LogP contribution < -0.4 is 5.32 Å². The molecule has 2 rings (SSSR count). The zero-order valence-corrected chi connectivity index (χ0v) is 11.7. The van der Waals surface area contributed by atoms with E-state index in [1.54, 1.807) is 18.9 Å². The summed E-state index contributed by atoms with van der Waals surface area (Å²) in [5.41, 5.74) is -0.120. The Kier molecular flexibility index (Phi) is 4.21. The molecule has 1 atom stereocenters. The first-order valence-electron chi connectivity index (χ1n) is 6.72. The molecule has 1 fully saturated rings. The highest BCUT2D eigenvalue weighted by Gasteiger charge is 2.26. The molecule has 20 heavy (non-hydrogen) atoms. The largest absolute Gasteiger partial charge is 0.351 e. The number of nitrogens with zero attached hydrogens (tertiary/aromatic N) is 4. The van der Waals surface area contributed by atoms with E-state index in [9.17, 15) is 14.9 Å². The van der Waals surface area contributed by atoms with Crippen LogP contribution in [-0.2, 0) is 11.8 Å². The number of amides is 1. The maximum absolute atomic E-state index is 12.2. The number of aryl methyl sites for hydroxylation is 1. The smallest absolute Gasteiger partial charge is 0.330 e. The molecule has 1 aromatic heterocycles. The van der Waals surface area contributed by atoms with Crippen LogP contribution in [0, 0.1) is 10.1 Å². The fraction of sp³-hybridized carbons (Fsp3) is 0.667. The van der Waals surface area contributed by atoms with Gasteiger partial charge in [-0.1, -0.05) is 0 Å². The summed E-state index contributed by atoms with van der Waals surface area (Å²) in [5.74, 6) is 0.0972. The molecule has 0 aliphatic carbocycles. The Labute approximate surface area is 116 Å². The van der Waals surface area contributed by atoms with Crippen LogP contribution in [0.3, 0.4) is 0 Å². The molecule has 110 valence electrons. The van der Waals surface area contributed by atoms with E-state index in [1.165, 1.54) is 10.9 Å². The van der Waals surface area contributed by atoms with E-state index >= 15 is 0 Å². The molecule has 0 bridgehead atoms. The second kappa shape index (κ2) is 5.89. The molecule has 0 saturated carbocycles. The maximum atomic E-state index is 12.2. The van der Waals surface area contributed by atoms with Crippen molar-refractivity contribution < 1.29 is 9.72 Å². The van der Waals surface area contributed by atoms with Gasteiger partial charge in [-0.25, -0.2) is 0 Å². The van der Waals surface area contributed by atoms with Crippen LogP contribution in [0.1, 0.15) is 26.2 Å². The number of nitro groups is 1. The standard InChI is InChI=1S/C12H19N5O3/c1-9(12(18)16-6-4-3-5-7-16)13-11-10(17(19)20)8-15(2)14-11/h8-9H,3-7H2,1-2H3,(H,13,14). The number of carbonyl (C=O) groups excluding carboxylic acids is 1. The van der Waals surface area contributed by atoms with Gasteiger partial charge in [0.15, 0.2) is 0 Å². The van der Waals surface area contributed by atoms with Crippen LogP contribution >= 0.6 is 0 Å². The fourth-order valence-corrected chi connectivity index (χ4v) is 2.37. The number of nitrogens with one attached hydrogen (secondary N) is 1. The summed E-state index contributed by atoms with van der Waals surface area (Å²) in [6.45, 7) is 3.22. The SMILES string of the molecule is CC(Nc1nn(C)cc1[N+](=O)[O-])C(=O)N1CCCCC1. The Morgan fingerprint density at radius 1 is 1.45 bits per heavy atom. The lowest BCUT2D eigenvalue weighted by molar-refractivity contribution is -0.384. The number of anilines is 1. The molecule has 1 unspecified atom stereocenters. The third kappa shape index (κ3) is 3.06. The van der Waals surface area contributed by atoms with E-state index in [2.05, 4.69) is 10.4 Å². The van der Waals surface area contributed by atoms with E-state index in [-0.39, 0.29) is 17.4 Å². The minimum atomic E-state index is -0.526. The Bertz CT molecular complexity index is 507. The zero-order valence-electron chi connectivity index (χ0n) is 11.7. The Morgan fingerprint density at radius 3 is 2.70 bits per heavy atom. The van der Waals surface area contributed by atoms with Crippen LogP contribution in [0.15, 0.2) is 6.20 Å². The van der Waals surface area contributed by atoms with E-state index < -0.39 is 11.0 Å². The first kappa shape index (κ1) is 14.3. The first-order valence-corrected chi connectivity index (χ1v) is 6.72. The topological polar surface area (TPSA) is 93.3 Å². The van der Waals surface area contributed by atoms with Crippen LogP contribution in [0.4, 0.5) is 11.5 Å². The average molecular weight is 281 g/mol. The zero-order chi connectivity index (χ0) is 14.7. The molecule has 8 heteroatoms. The summed E-state index contributed by atoms with van der Waals surface area (Å²) in [6, 6.07) is -0.526. The number of aromatic nitrogens is 2. The average Bonchev–Trinajstić information content (AvgIpc) is 2.80. The number of piperidine rings is 1. The van der Waals surface area contributed by atoms with Gasteiger partial charge in [-0.2, -0.15) is 0 Å². The Balaban J connectivity index is 2.05. The molecule has 1 aromatic rings. The van der Waals surface area contributed by atoms with Crippen molar-refractivity contribution in [3.63, 3.8) is 0 Å². The van der Waals surface area contributed by atoms with Gasteiger partial charge in [-0.3, -0.25) is 19.6 Å². The molecule has 2 heterocycles. The summed E-state index contributed by atoms with van der Waals surface area (Å²) in [6.07, 6.45) is 4.50. The highest BCUT2D eigenvalue weighted by Crippen LogP contribution is 2.22. The Morgan fingerprint density at radius 2 is 2.10 bits per heavy atom. The maximum Gasteiger partial charge on any atom is 0.330 e. The van der Waals surface area contributed by atoms with Crippen molar-refractivity contribution >= 4 is 17.4 Å². The summed E-state index contributed by atoms with van der Waals surface area (Å²) in [5, 5.41) is 17.7. The van der Waals surface area contributed by atoms with Gasteiger partial charge in [0.2, 0.25) is 11.7 Å². The third-order valence-electron chi connectivity index (χ3n) is 3.40. The monoisotopic (exact) mass is 281 g/mol. The van der Waals surface area contributed by atoms with Gasteiger partial charge in [-0.15, -0.1) is 5.10 Å². The van der Waals surface area contributed by atoms with Crippen LogP contribution in [-0.4, -0.2) is 44.6 Å². The van der Waals surface area contributed by atoms with Crippen molar-refractivity contribution in [2.45, 2.75) is 32.2 Å². The van der Waals surface area contributed by atoms with E-state index in [1.807, 2.05) is 0 Å². The molecular weight excluding hydrogens is 262 g/mol. The van der Waals surface area contributed by atoms with Gasteiger partial charge < -0.3 is 10.2 Å².